The molecule has 1 amide bonds. The van der Waals surface area contributed by atoms with Gasteiger partial charge in [-0.3, -0.25) is 9.59 Å². The quantitative estimate of drug-likeness (QED) is 0.391. The molecule has 0 saturated carbocycles. The number of fused-ring (bicyclic) bond motifs is 2. The molecule has 0 saturated heterocycles. The molecule has 5 rings (SSSR count). The van der Waals surface area contributed by atoms with E-state index in [2.05, 4.69) is 6.92 Å². The second-order valence-electron chi connectivity index (χ2n) is 8.46. The molecule has 168 valence electrons. The molecule has 1 atom stereocenters. The van der Waals surface area contributed by atoms with Gasteiger partial charge in [0.1, 0.15) is 17.1 Å². The van der Waals surface area contributed by atoms with Crippen LogP contribution >= 0.6 is 0 Å². The van der Waals surface area contributed by atoms with Crippen molar-refractivity contribution >= 4 is 16.9 Å². The third-order valence-corrected chi connectivity index (χ3v) is 5.97. The van der Waals surface area contributed by atoms with Gasteiger partial charge in [0.05, 0.1) is 36.4 Å². The van der Waals surface area contributed by atoms with Crippen molar-refractivity contribution < 1.29 is 18.4 Å². The molecule has 2 aromatic heterocycles. The molecule has 0 spiro atoms. The summed E-state index contributed by atoms with van der Waals surface area (Å²) >= 11 is 0. The number of carbonyl (C=O) groups is 1. The highest BCUT2D eigenvalue weighted by molar-refractivity contribution is 5.99. The maximum Gasteiger partial charge on any atom is 0.291 e. The molecule has 6 nitrogen and oxygen atoms in total. The minimum atomic E-state index is -0.584. The lowest BCUT2D eigenvalue weighted by atomic mass is 9.97. The summed E-state index contributed by atoms with van der Waals surface area (Å²) in [6.45, 7) is 6.73. The van der Waals surface area contributed by atoms with Crippen molar-refractivity contribution in [1.82, 2.24) is 4.90 Å². The molecule has 3 heterocycles. The van der Waals surface area contributed by atoms with Crippen LogP contribution < -0.4 is 10.2 Å². The average Bonchev–Trinajstić information content (AvgIpc) is 3.41. The lowest BCUT2D eigenvalue weighted by Crippen LogP contribution is -2.29. The van der Waals surface area contributed by atoms with Crippen LogP contribution in [0.5, 0.6) is 5.75 Å². The van der Waals surface area contributed by atoms with Crippen LogP contribution in [0.25, 0.3) is 11.0 Å². The average molecular weight is 443 g/mol. The molecule has 0 fully saturated rings. The van der Waals surface area contributed by atoms with Crippen LogP contribution in [0.1, 0.15) is 58.0 Å². The summed E-state index contributed by atoms with van der Waals surface area (Å²) in [5.41, 5.74) is 3.26. The van der Waals surface area contributed by atoms with Gasteiger partial charge in [-0.2, -0.15) is 0 Å². The Balaban J connectivity index is 1.68. The number of rotatable bonds is 6. The van der Waals surface area contributed by atoms with Gasteiger partial charge in [0.25, 0.3) is 5.91 Å². The zero-order chi connectivity index (χ0) is 23.1. The highest BCUT2D eigenvalue weighted by Crippen LogP contribution is 2.40. The Bertz CT molecular complexity index is 1380. The monoisotopic (exact) mass is 443 g/mol. The van der Waals surface area contributed by atoms with E-state index in [4.69, 9.17) is 13.6 Å². The molecule has 33 heavy (non-hydrogen) atoms. The van der Waals surface area contributed by atoms with Crippen molar-refractivity contribution in [2.75, 3.05) is 6.61 Å². The van der Waals surface area contributed by atoms with E-state index in [1.807, 2.05) is 56.3 Å². The molecule has 1 unspecified atom stereocenters. The van der Waals surface area contributed by atoms with E-state index in [0.29, 0.717) is 28.9 Å². The first-order valence-corrected chi connectivity index (χ1v) is 11.1. The van der Waals surface area contributed by atoms with Gasteiger partial charge in [-0.05, 0) is 67.3 Å². The molecule has 0 N–H and O–H groups in total. The first kappa shape index (κ1) is 21.1. The molecule has 0 bridgehead atoms. The Morgan fingerprint density at radius 3 is 2.55 bits per heavy atom. The van der Waals surface area contributed by atoms with Crippen LogP contribution in [0.4, 0.5) is 0 Å². The third-order valence-electron chi connectivity index (χ3n) is 5.97. The standard InChI is InChI=1S/C27H25NO5/c1-4-11-31-19-9-7-18(8-10-19)23-22-24(29)21-14-16(2)13-17(3)25(21)33-26(22)27(30)28(23)15-20-6-5-12-32-20/h5-10,12-14,23H,4,11,15H2,1-3H3. The summed E-state index contributed by atoms with van der Waals surface area (Å²) in [6.07, 6.45) is 2.48. The van der Waals surface area contributed by atoms with Crippen molar-refractivity contribution in [2.24, 2.45) is 0 Å². The summed E-state index contributed by atoms with van der Waals surface area (Å²) < 4.78 is 17.3. The smallest absolute Gasteiger partial charge is 0.291 e. The number of carbonyl (C=O) groups excluding carboxylic acids is 1. The Morgan fingerprint density at radius 2 is 1.85 bits per heavy atom. The van der Waals surface area contributed by atoms with Crippen LogP contribution in [0, 0.1) is 13.8 Å². The Labute approximate surface area is 191 Å². The maximum absolute atomic E-state index is 13.7. The third kappa shape index (κ3) is 3.61. The zero-order valence-corrected chi connectivity index (χ0v) is 18.9. The number of hydrogen-bond acceptors (Lipinski definition) is 5. The molecule has 0 radical (unpaired) electrons. The summed E-state index contributed by atoms with van der Waals surface area (Å²) in [4.78, 5) is 28.9. The number of amides is 1. The first-order valence-electron chi connectivity index (χ1n) is 11.1. The van der Waals surface area contributed by atoms with Gasteiger partial charge in [0.15, 0.2) is 5.43 Å². The fraction of sp³-hybridized carbons (Fsp3) is 0.259. The lowest BCUT2D eigenvalue weighted by molar-refractivity contribution is 0.0701. The van der Waals surface area contributed by atoms with E-state index < -0.39 is 6.04 Å². The van der Waals surface area contributed by atoms with Crippen molar-refractivity contribution in [3.8, 4) is 5.75 Å². The predicted molar refractivity (Wildman–Crippen MR) is 125 cm³/mol. The molecular weight excluding hydrogens is 418 g/mol. The van der Waals surface area contributed by atoms with Crippen LogP contribution in [0.15, 0.2) is 68.4 Å². The minimum absolute atomic E-state index is 0.0994. The van der Waals surface area contributed by atoms with E-state index in [1.54, 1.807) is 17.2 Å². The second kappa shape index (κ2) is 8.28. The molecule has 2 aromatic carbocycles. The number of furan rings is 1. The number of nitrogens with zero attached hydrogens (tertiary/aromatic N) is 1. The van der Waals surface area contributed by atoms with E-state index in [9.17, 15) is 9.59 Å². The molecule has 1 aliphatic heterocycles. The lowest BCUT2D eigenvalue weighted by Gasteiger charge is -2.24. The van der Waals surface area contributed by atoms with Gasteiger partial charge < -0.3 is 18.5 Å². The van der Waals surface area contributed by atoms with Gasteiger partial charge in [0.2, 0.25) is 5.76 Å². The van der Waals surface area contributed by atoms with Crippen LogP contribution in [-0.4, -0.2) is 17.4 Å². The number of ether oxygens (including phenoxy) is 1. The first-order chi connectivity index (χ1) is 16.0. The van der Waals surface area contributed by atoms with E-state index >= 15 is 0 Å². The molecule has 1 aliphatic rings. The minimum Gasteiger partial charge on any atom is -0.494 e. The second-order valence-corrected chi connectivity index (χ2v) is 8.46. The van der Waals surface area contributed by atoms with Gasteiger partial charge in [-0.1, -0.05) is 25.1 Å². The summed E-state index contributed by atoms with van der Waals surface area (Å²) in [5.74, 6) is 1.16. The summed E-state index contributed by atoms with van der Waals surface area (Å²) in [5, 5.41) is 0.492. The Kier molecular flexibility index (Phi) is 5.29. The molecule has 0 aliphatic carbocycles. The topological polar surface area (TPSA) is 72.9 Å². The fourth-order valence-electron chi connectivity index (χ4n) is 4.52. The molecular formula is C27H25NO5. The number of hydrogen-bond donors (Lipinski definition) is 0. The van der Waals surface area contributed by atoms with Crippen molar-refractivity contribution in [3.05, 3.63) is 98.8 Å². The number of benzene rings is 2. The summed E-state index contributed by atoms with van der Waals surface area (Å²) in [6, 6.07) is 14.3. The number of aryl methyl sites for hydroxylation is 2. The van der Waals surface area contributed by atoms with Crippen molar-refractivity contribution in [2.45, 2.75) is 39.8 Å². The highest BCUT2D eigenvalue weighted by atomic mass is 16.5. The van der Waals surface area contributed by atoms with E-state index in [1.165, 1.54) is 0 Å². The van der Waals surface area contributed by atoms with Gasteiger partial charge >= 0.3 is 0 Å². The van der Waals surface area contributed by atoms with E-state index in [0.717, 1.165) is 28.9 Å². The molecule has 6 heteroatoms. The van der Waals surface area contributed by atoms with E-state index in [-0.39, 0.29) is 23.6 Å². The predicted octanol–water partition coefficient (Wildman–Crippen LogP) is 5.54. The van der Waals surface area contributed by atoms with Crippen molar-refractivity contribution in [1.29, 1.82) is 0 Å². The van der Waals surface area contributed by atoms with Gasteiger partial charge in [-0.25, -0.2) is 0 Å². The van der Waals surface area contributed by atoms with Crippen LogP contribution in [0.3, 0.4) is 0 Å². The highest BCUT2D eigenvalue weighted by Gasteiger charge is 2.43. The van der Waals surface area contributed by atoms with Gasteiger partial charge in [0, 0.05) is 0 Å². The van der Waals surface area contributed by atoms with Gasteiger partial charge in [-0.15, -0.1) is 0 Å². The summed E-state index contributed by atoms with van der Waals surface area (Å²) in [7, 11) is 0. The fourth-order valence-corrected chi connectivity index (χ4v) is 4.52. The Hall–Kier alpha value is -3.80. The van der Waals surface area contributed by atoms with Crippen LogP contribution in [0.2, 0.25) is 0 Å². The largest absolute Gasteiger partial charge is 0.494 e. The zero-order valence-electron chi connectivity index (χ0n) is 18.9. The Morgan fingerprint density at radius 1 is 1.06 bits per heavy atom. The van der Waals surface area contributed by atoms with Crippen LogP contribution in [-0.2, 0) is 6.54 Å². The normalized spacial score (nSPS) is 15.3. The van der Waals surface area contributed by atoms with Crippen molar-refractivity contribution in [3.63, 3.8) is 0 Å². The molecule has 4 aromatic rings. The maximum atomic E-state index is 13.7. The SMILES string of the molecule is CCCOc1ccc(C2c3c(oc4c(C)cc(C)cc4c3=O)C(=O)N2Cc2ccco2)cc1.